The maximum Gasteiger partial charge on any atom is 0.0602 e. The van der Waals surface area contributed by atoms with Crippen molar-refractivity contribution >= 4 is 28.7 Å². The molecule has 0 atom stereocenters. The lowest BCUT2D eigenvalue weighted by Crippen LogP contribution is -1.70. The molecule has 0 saturated heterocycles. The molecule has 0 saturated carbocycles. The number of rotatable bonds is 2. The molecule has 0 nitrogen and oxygen atoms in total. The molecule has 1 heterocycles. The summed E-state index contributed by atoms with van der Waals surface area (Å²) >= 11 is 3.76. The molecule has 2 rings (SSSR count). The van der Waals surface area contributed by atoms with Crippen molar-refractivity contribution in [1.29, 1.82) is 0 Å². The minimum Gasteiger partial charge on any atom is -0.129 e. The quantitative estimate of drug-likeness (QED) is 0.643. The van der Waals surface area contributed by atoms with E-state index >= 15 is 0 Å². The van der Waals surface area contributed by atoms with Gasteiger partial charge in [0.05, 0.1) is 4.21 Å². The molecule has 0 bridgehead atoms. The van der Waals surface area contributed by atoms with Crippen molar-refractivity contribution in [3.8, 4) is 0 Å². The van der Waals surface area contributed by atoms with E-state index in [1.54, 1.807) is 5.57 Å². The topological polar surface area (TPSA) is 0 Å². The van der Waals surface area contributed by atoms with Crippen LogP contribution in [0.2, 0.25) is 0 Å². The van der Waals surface area contributed by atoms with Crippen LogP contribution in [-0.2, 0) is 0 Å². The minimum atomic E-state index is 1.28. The van der Waals surface area contributed by atoms with Crippen molar-refractivity contribution < 1.29 is 0 Å². The average Bonchev–Trinajstić information content (AvgIpc) is 2.75. The Bertz CT molecular complexity index is 297. The summed E-state index contributed by atoms with van der Waals surface area (Å²) in [4.78, 5) is 1.48. The average molecular weight is 196 g/mol. The maximum absolute atomic E-state index is 2.38. The van der Waals surface area contributed by atoms with Crippen LogP contribution < -0.4 is 0 Å². The summed E-state index contributed by atoms with van der Waals surface area (Å²) in [6, 6.07) is 4.48. The third kappa shape index (κ3) is 1.59. The zero-order valence-corrected chi connectivity index (χ0v) is 8.80. The van der Waals surface area contributed by atoms with Crippen LogP contribution in [0.3, 0.4) is 0 Å². The molecule has 1 aromatic heterocycles. The molecule has 1 aromatic rings. The summed E-state index contributed by atoms with van der Waals surface area (Å²) in [7, 11) is 0. The second-order valence-electron chi connectivity index (χ2n) is 2.94. The molecule has 0 unspecified atom stereocenters. The molecular formula is C10H12S2. The van der Waals surface area contributed by atoms with Gasteiger partial charge in [0.15, 0.2) is 0 Å². The van der Waals surface area contributed by atoms with Gasteiger partial charge in [0, 0.05) is 4.88 Å². The molecule has 0 aliphatic heterocycles. The molecule has 64 valence electrons. The summed E-state index contributed by atoms with van der Waals surface area (Å²) in [5.41, 5.74) is 1.57. The molecule has 0 amide bonds. The Kier molecular flexibility index (Phi) is 2.57. The van der Waals surface area contributed by atoms with Crippen LogP contribution in [0.4, 0.5) is 0 Å². The van der Waals surface area contributed by atoms with E-state index in [-0.39, 0.29) is 0 Å². The summed E-state index contributed by atoms with van der Waals surface area (Å²) in [6.07, 6.45) is 8.44. The third-order valence-electron chi connectivity index (χ3n) is 2.14. The fourth-order valence-electron chi connectivity index (χ4n) is 1.50. The first-order valence-corrected chi connectivity index (χ1v) is 6.27. The Labute approximate surface area is 81.7 Å². The fraction of sp³-hybridized carbons (Fsp3) is 0.400. The first kappa shape index (κ1) is 8.39. The van der Waals surface area contributed by atoms with E-state index in [9.17, 15) is 0 Å². The minimum absolute atomic E-state index is 1.28. The van der Waals surface area contributed by atoms with E-state index in [1.165, 1.54) is 28.3 Å². The molecule has 0 radical (unpaired) electrons. The van der Waals surface area contributed by atoms with Crippen LogP contribution in [0.25, 0.3) is 5.57 Å². The smallest absolute Gasteiger partial charge is 0.0602 e. The van der Waals surface area contributed by atoms with Crippen LogP contribution in [0.15, 0.2) is 22.4 Å². The highest BCUT2D eigenvalue weighted by atomic mass is 32.2. The van der Waals surface area contributed by atoms with E-state index in [2.05, 4.69) is 24.5 Å². The molecule has 0 spiro atoms. The van der Waals surface area contributed by atoms with Crippen molar-refractivity contribution in [3.05, 3.63) is 23.1 Å². The summed E-state index contributed by atoms with van der Waals surface area (Å²) in [6.45, 7) is 0. The largest absolute Gasteiger partial charge is 0.129 e. The van der Waals surface area contributed by atoms with Crippen molar-refractivity contribution in [2.45, 2.75) is 23.5 Å². The molecule has 12 heavy (non-hydrogen) atoms. The van der Waals surface area contributed by atoms with E-state index in [0.29, 0.717) is 0 Å². The lowest BCUT2D eigenvalue weighted by Gasteiger charge is -1.94. The van der Waals surface area contributed by atoms with Gasteiger partial charge >= 0.3 is 0 Å². The predicted molar refractivity (Wildman–Crippen MR) is 57.9 cm³/mol. The van der Waals surface area contributed by atoms with E-state index < -0.39 is 0 Å². The fourth-order valence-corrected chi connectivity index (χ4v) is 3.11. The van der Waals surface area contributed by atoms with Gasteiger partial charge in [-0.1, -0.05) is 6.08 Å². The Morgan fingerprint density at radius 3 is 2.92 bits per heavy atom. The monoisotopic (exact) mass is 196 g/mol. The number of thioether (sulfide) groups is 1. The van der Waals surface area contributed by atoms with Crippen LogP contribution in [0.5, 0.6) is 0 Å². The molecule has 2 heteroatoms. The van der Waals surface area contributed by atoms with Crippen molar-refractivity contribution in [2.75, 3.05) is 6.26 Å². The van der Waals surface area contributed by atoms with E-state index in [4.69, 9.17) is 0 Å². The van der Waals surface area contributed by atoms with Gasteiger partial charge in [-0.2, -0.15) is 0 Å². The zero-order valence-electron chi connectivity index (χ0n) is 7.17. The van der Waals surface area contributed by atoms with Crippen molar-refractivity contribution in [3.63, 3.8) is 0 Å². The Morgan fingerprint density at radius 2 is 2.33 bits per heavy atom. The lowest BCUT2D eigenvalue weighted by atomic mass is 10.2. The van der Waals surface area contributed by atoms with Crippen LogP contribution in [0, 0.1) is 0 Å². The highest BCUT2D eigenvalue weighted by molar-refractivity contribution is 8.00. The van der Waals surface area contributed by atoms with E-state index in [0.717, 1.165) is 0 Å². The van der Waals surface area contributed by atoms with Crippen LogP contribution in [-0.4, -0.2) is 6.26 Å². The molecule has 1 aliphatic carbocycles. The van der Waals surface area contributed by atoms with Crippen molar-refractivity contribution in [1.82, 2.24) is 0 Å². The predicted octanol–water partition coefficient (Wildman–Crippen LogP) is 4.04. The lowest BCUT2D eigenvalue weighted by molar-refractivity contribution is 0.936. The van der Waals surface area contributed by atoms with Crippen LogP contribution >= 0.6 is 23.1 Å². The maximum atomic E-state index is 2.38. The van der Waals surface area contributed by atoms with Gasteiger partial charge in [-0.25, -0.2) is 0 Å². The highest BCUT2D eigenvalue weighted by Crippen LogP contribution is 2.35. The molecule has 1 aliphatic rings. The second-order valence-corrected chi connectivity index (χ2v) is 5.13. The Morgan fingerprint density at radius 1 is 1.42 bits per heavy atom. The molecular weight excluding hydrogens is 184 g/mol. The Balaban J connectivity index is 2.22. The standard InChI is InChI=1S/C10H12S2/c1-11-10-7-6-9(12-10)8-4-2-3-5-8/h4,6-7H,2-3,5H2,1H3. The summed E-state index contributed by atoms with van der Waals surface area (Å²) < 4.78 is 1.43. The number of allylic oxidation sites excluding steroid dienone is 2. The highest BCUT2D eigenvalue weighted by Gasteiger charge is 2.08. The number of hydrogen-bond donors (Lipinski definition) is 0. The normalized spacial score (nSPS) is 16.6. The second kappa shape index (κ2) is 3.67. The van der Waals surface area contributed by atoms with E-state index in [1.807, 2.05) is 23.1 Å². The van der Waals surface area contributed by atoms with Gasteiger partial charge in [-0.3, -0.25) is 0 Å². The zero-order chi connectivity index (χ0) is 8.39. The van der Waals surface area contributed by atoms with Gasteiger partial charge in [0.25, 0.3) is 0 Å². The SMILES string of the molecule is CSc1ccc(C2=CCCC2)s1. The summed E-state index contributed by atoms with van der Waals surface area (Å²) in [5.74, 6) is 0. The molecule has 0 aromatic carbocycles. The first-order valence-electron chi connectivity index (χ1n) is 4.23. The number of hydrogen-bond acceptors (Lipinski definition) is 2. The third-order valence-corrected chi connectivity index (χ3v) is 4.38. The summed E-state index contributed by atoms with van der Waals surface area (Å²) in [5, 5.41) is 0. The number of thiophene rings is 1. The molecule has 0 fully saturated rings. The van der Waals surface area contributed by atoms with Crippen LogP contribution in [0.1, 0.15) is 24.1 Å². The molecule has 0 N–H and O–H groups in total. The Hall–Kier alpha value is -0.210. The van der Waals surface area contributed by atoms with Gasteiger partial charge in [0.1, 0.15) is 0 Å². The van der Waals surface area contributed by atoms with Gasteiger partial charge in [0.2, 0.25) is 0 Å². The van der Waals surface area contributed by atoms with Crippen molar-refractivity contribution in [2.24, 2.45) is 0 Å². The van der Waals surface area contributed by atoms with Gasteiger partial charge < -0.3 is 0 Å². The first-order chi connectivity index (χ1) is 5.90. The van der Waals surface area contributed by atoms with Gasteiger partial charge in [-0.15, -0.1) is 23.1 Å². The van der Waals surface area contributed by atoms with Gasteiger partial charge in [-0.05, 0) is 43.2 Å².